The summed E-state index contributed by atoms with van der Waals surface area (Å²) < 4.78 is 0. The molecule has 6 heteroatoms. The lowest BCUT2D eigenvalue weighted by Crippen LogP contribution is -2.33. The molecule has 0 unspecified atom stereocenters. The van der Waals surface area contributed by atoms with Crippen LogP contribution in [-0.4, -0.2) is 21.7 Å². The number of hydrogen-bond acceptors (Lipinski definition) is 4. The Bertz CT molecular complexity index is 365. The van der Waals surface area contributed by atoms with Crippen molar-refractivity contribution >= 4 is 29.0 Å². The Labute approximate surface area is 98.4 Å². The van der Waals surface area contributed by atoms with E-state index in [1.54, 1.807) is 0 Å². The fraction of sp³-hybridized carbons (Fsp3) is 0.667. The van der Waals surface area contributed by atoms with E-state index >= 15 is 0 Å². The summed E-state index contributed by atoms with van der Waals surface area (Å²) in [5, 5.41) is 10.8. The monoisotopic (exact) mass is 246 g/mol. The summed E-state index contributed by atoms with van der Waals surface area (Å²) in [5.41, 5.74) is 0.362. The molecule has 1 aliphatic carbocycles. The first-order valence-electron chi connectivity index (χ1n) is 4.89. The first-order chi connectivity index (χ1) is 7.09. The van der Waals surface area contributed by atoms with Crippen LogP contribution in [0.2, 0.25) is 10.4 Å². The Kier molecular flexibility index (Phi) is 2.98. The van der Waals surface area contributed by atoms with Gasteiger partial charge in [-0.15, -0.1) is 10.2 Å². The van der Waals surface area contributed by atoms with E-state index < -0.39 is 0 Å². The van der Waals surface area contributed by atoms with Crippen LogP contribution in [0.1, 0.15) is 26.2 Å². The molecule has 0 bridgehead atoms. The summed E-state index contributed by atoms with van der Waals surface area (Å²) in [6.45, 7) is 3.09. The molecule has 1 aliphatic rings. The van der Waals surface area contributed by atoms with Crippen molar-refractivity contribution in [3.63, 3.8) is 0 Å². The Balaban J connectivity index is 2.01. The van der Waals surface area contributed by atoms with E-state index in [-0.39, 0.29) is 10.4 Å². The maximum atomic E-state index is 5.83. The molecule has 82 valence electrons. The SMILES string of the molecule is CC1(CNc2nc(Cl)nnc2Cl)CCC1. The second-order valence-corrected chi connectivity index (χ2v) is 4.93. The number of nitrogens with zero attached hydrogens (tertiary/aromatic N) is 3. The Morgan fingerprint density at radius 1 is 1.33 bits per heavy atom. The average molecular weight is 247 g/mol. The maximum absolute atomic E-state index is 5.83. The van der Waals surface area contributed by atoms with E-state index in [1.165, 1.54) is 19.3 Å². The molecule has 0 saturated heterocycles. The molecule has 1 fully saturated rings. The molecular formula is C9H12Cl2N4. The van der Waals surface area contributed by atoms with Gasteiger partial charge < -0.3 is 5.32 Å². The number of aromatic nitrogens is 3. The summed E-state index contributed by atoms with van der Waals surface area (Å²) in [7, 11) is 0. The fourth-order valence-corrected chi connectivity index (χ4v) is 1.93. The molecule has 4 nitrogen and oxygen atoms in total. The summed E-state index contributed by atoms with van der Waals surface area (Å²) in [5.74, 6) is 0.518. The average Bonchev–Trinajstić information content (AvgIpc) is 2.17. The standard InChI is InChI=1S/C9H12Cl2N4/c1-9(3-2-4-9)5-12-7-6(10)14-15-8(11)13-7/h2-5H2,1H3,(H,12,13,15). The van der Waals surface area contributed by atoms with E-state index in [0.29, 0.717) is 11.2 Å². The maximum Gasteiger partial charge on any atom is 0.245 e. The molecule has 1 aromatic heterocycles. The van der Waals surface area contributed by atoms with Crippen molar-refractivity contribution in [3.8, 4) is 0 Å². The molecular weight excluding hydrogens is 235 g/mol. The van der Waals surface area contributed by atoms with Gasteiger partial charge in [0.25, 0.3) is 0 Å². The van der Waals surface area contributed by atoms with Crippen molar-refractivity contribution in [1.82, 2.24) is 15.2 Å². The molecule has 0 amide bonds. The highest BCUT2D eigenvalue weighted by Crippen LogP contribution is 2.40. The van der Waals surface area contributed by atoms with Gasteiger partial charge in [0.05, 0.1) is 0 Å². The predicted molar refractivity (Wildman–Crippen MR) is 60.3 cm³/mol. The molecule has 2 rings (SSSR count). The highest BCUT2D eigenvalue weighted by molar-refractivity contribution is 6.32. The van der Waals surface area contributed by atoms with Crippen LogP contribution in [0.25, 0.3) is 0 Å². The minimum Gasteiger partial charge on any atom is -0.367 e. The van der Waals surface area contributed by atoms with Gasteiger partial charge in [-0.25, -0.2) is 0 Å². The summed E-state index contributed by atoms with van der Waals surface area (Å²) in [4.78, 5) is 3.98. The second-order valence-electron chi connectivity index (χ2n) is 4.24. The second kappa shape index (κ2) is 4.10. The van der Waals surface area contributed by atoms with E-state index in [2.05, 4.69) is 27.4 Å². The molecule has 0 aliphatic heterocycles. The smallest absolute Gasteiger partial charge is 0.245 e. The summed E-state index contributed by atoms with van der Waals surface area (Å²) in [6.07, 6.45) is 3.78. The van der Waals surface area contributed by atoms with Crippen LogP contribution < -0.4 is 5.32 Å². The molecule has 0 spiro atoms. The van der Waals surface area contributed by atoms with Gasteiger partial charge in [-0.3, -0.25) is 0 Å². The molecule has 0 aromatic carbocycles. The van der Waals surface area contributed by atoms with Gasteiger partial charge in [-0.05, 0) is 29.9 Å². The minimum atomic E-state index is 0.112. The Morgan fingerprint density at radius 3 is 2.67 bits per heavy atom. The van der Waals surface area contributed by atoms with Gasteiger partial charge in [-0.1, -0.05) is 24.9 Å². The normalized spacial score (nSPS) is 18.3. The molecule has 0 atom stereocenters. The van der Waals surface area contributed by atoms with Gasteiger partial charge >= 0.3 is 0 Å². The van der Waals surface area contributed by atoms with Crippen molar-refractivity contribution in [2.45, 2.75) is 26.2 Å². The van der Waals surface area contributed by atoms with Crippen LogP contribution in [0.3, 0.4) is 0 Å². The highest BCUT2D eigenvalue weighted by atomic mass is 35.5. The molecule has 1 aromatic rings. The van der Waals surface area contributed by atoms with E-state index in [1.807, 2.05) is 0 Å². The van der Waals surface area contributed by atoms with Crippen molar-refractivity contribution in [1.29, 1.82) is 0 Å². The first kappa shape index (κ1) is 10.9. The molecule has 1 N–H and O–H groups in total. The van der Waals surface area contributed by atoms with Gasteiger partial charge in [0.15, 0.2) is 11.0 Å². The van der Waals surface area contributed by atoms with Crippen LogP contribution in [0.5, 0.6) is 0 Å². The number of hydrogen-bond donors (Lipinski definition) is 1. The highest BCUT2D eigenvalue weighted by Gasteiger charge is 2.31. The quantitative estimate of drug-likeness (QED) is 0.892. The topological polar surface area (TPSA) is 50.7 Å². The van der Waals surface area contributed by atoms with Gasteiger partial charge in [0.2, 0.25) is 5.28 Å². The zero-order valence-corrected chi connectivity index (χ0v) is 9.94. The van der Waals surface area contributed by atoms with Crippen LogP contribution in [0.4, 0.5) is 5.82 Å². The van der Waals surface area contributed by atoms with Crippen molar-refractivity contribution in [3.05, 3.63) is 10.4 Å². The number of nitrogens with one attached hydrogen (secondary N) is 1. The third kappa shape index (κ3) is 2.49. The lowest BCUT2D eigenvalue weighted by Gasteiger charge is -2.38. The molecule has 1 saturated carbocycles. The largest absolute Gasteiger partial charge is 0.367 e. The lowest BCUT2D eigenvalue weighted by atomic mass is 9.70. The van der Waals surface area contributed by atoms with Crippen LogP contribution in [0.15, 0.2) is 0 Å². The Morgan fingerprint density at radius 2 is 2.07 bits per heavy atom. The zero-order chi connectivity index (χ0) is 10.9. The van der Waals surface area contributed by atoms with Gasteiger partial charge in [0.1, 0.15) is 0 Å². The molecule has 15 heavy (non-hydrogen) atoms. The third-order valence-electron chi connectivity index (χ3n) is 2.86. The Hall–Kier alpha value is -0.610. The van der Waals surface area contributed by atoms with Crippen molar-refractivity contribution in [2.75, 3.05) is 11.9 Å². The summed E-state index contributed by atoms with van der Waals surface area (Å²) >= 11 is 11.5. The van der Waals surface area contributed by atoms with Gasteiger partial charge in [0, 0.05) is 6.54 Å². The first-order valence-corrected chi connectivity index (χ1v) is 5.64. The van der Waals surface area contributed by atoms with Crippen LogP contribution in [0, 0.1) is 5.41 Å². The number of halogens is 2. The predicted octanol–water partition coefficient (Wildman–Crippen LogP) is 2.78. The van der Waals surface area contributed by atoms with Crippen molar-refractivity contribution in [2.24, 2.45) is 5.41 Å². The van der Waals surface area contributed by atoms with E-state index in [4.69, 9.17) is 23.2 Å². The van der Waals surface area contributed by atoms with E-state index in [9.17, 15) is 0 Å². The minimum absolute atomic E-state index is 0.112. The molecule has 0 radical (unpaired) electrons. The number of anilines is 1. The van der Waals surface area contributed by atoms with Crippen LogP contribution >= 0.6 is 23.2 Å². The zero-order valence-electron chi connectivity index (χ0n) is 8.43. The van der Waals surface area contributed by atoms with Gasteiger partial charge in [-0.2, -0.15) is 4.98 Å². The van der Waals surface area contributed by atoms with Crippen LogP contribution in [-0.2, 0) is 0 Å². The lowest BCUT2D eigenvalue weighted by molar-refractivity contribution is 0.180. The van der Waals surface area contributed by atoms with E-state index in [0.717, 1.165) is 6.54 Å². The summed E-state index contributed by atoms with van der Waals surface area (Å²) in [6, 6.07) is 0. The molecule has 1 heterocycles. The number of rotatable bonds is 3. The van der Waals surface area contributed by atoms with Crippen molar-refractivity contribution < 1.29 is 0 Å². The third-order valence-corrected chi connectivity index (χ3v) is 3.28. The fourth-order valence-electron chi connectivity index (χ4n) is 1.66.